The van der Waals surface area contributed by atoms with Crippen molar-refractivity contribution in [2.24, 2.45) is 0 Å². The van der Waals surface area contributed by atoms with Gasteiger partial charge in [-0.3, -0.25) is 4.98 Å². The monoisotopic (exact) mass is 301 g/mol. The van der Waals surface area contributed by atoms with Gasteiger partial charge in [0.05, 0.1) is 5.69 Å². The van der Waals surface area contributed by atoms with E-state index < -0.39 is 0 Å². The fraction of sp³-hybridized carbons (Fsp3) is 0.529. The van der Waals surface area contributed by atoms with Gasteiger partial charge in [-0.25, -0.2) is 4.98 Å². The first-order chi connectivity index (χ1) is 10.2. The fourth-order valence-electron chi connectivity index (χ4n) is 2.52. The van der Waals surface area contributed by atoms with E-state index in [4.69, 9.17) is 4.98 Å². The third-order valence-corrected chi connectivity index (χ3v) is 4.92. The van der Waals surface area contributed by atoms with E-state index in [9.17, 15) is 0 Å². The second-order valence-corrected chi connectivity index (χ2v) is 7.06. The molecule has 0 aromatic carbocycles. The first-order valence-corrected chi connectivity index (χ1v) is 8.64. The van der Waals surface area contributed by atoms with Crippen molar-refractivity contribution >= 4 is 11.3 Å². The van der Waals surface area contributed by atoms with Gasteiger partial charge in [-0.1, -0.05) is 19.4 Å². The van der Waals surface area contributed by atoms with Crippen molar-refractivity contribution in [3.63, 3.8) is 0 Å². The summed E-state index contributed by atoms with van der Waals surface area (Å²) in [5.41, 5.74) is 4.72. The quantitative estimate of drug-likeness (QED) is 0.875. The number of hydrogen-bond acceptors (Lipinski definition) is 4. The summed E-state index contributed by atoms with van der Waals surface area (Å²) in [5, 5.41) is 4.68. The summed E-state index contributed by atoms with van der Waals surface area (Å²) < 4.78 is 0. The van der Waals surface area contributed by atoms with Gasteiger partial charge in [0, 0.05) is 23.7 Å². The molecular formula is C17H23N3S. The maximum Gasteiger partial charge on any atom is 0.142 e. The Morgan fingerprint density at radius 1 is 1.33 bits per heavy atom. The highest BCUT2D eigenvalue weighted by molar-refractivity contribution is 7.15. The lowest BCUT2D eigenvalue weighted by Crippen LogP contribution is -2.15. The van der Waals surface area contributed by atoms with Crippen molar-refractivity contribution in [2.45, 2.75) is 59.0 Å². The predicted octanol–water partition coefficient (Wildman–Crippen LogP) is 4.03. The van der Waals surface area contributed by atoms with Crippen LogP contribution in [0.2, 0.25) is 0 Å². The molecule has 3 rings (SSSR count). The van der Waals surface area contributed by atoms with Crippen LogP contribution in [0, 0.1) is 13.8 Å². The van der Waals surface area contributed by atoms with E-state index in [-0.39, 0.29) is 0 Å². The van der Waals surface area contributed by atoms with Crippen LogP contribution in [-0.2, 0) is 13.0 Å². The molecule has 2 aromatic rings. The highest BCUT2D eigenvalue weighted by Gasteiger charge is 2.22. The summed E-state index contributed by atoms with van der Waals surface area (Å²) in [5.74, 6) is 0. The van der Waals surface area contributed by atoms with Gasteiger partial charge >= 0.3 is 0 Å². The Morgan fingerprint density at radius 2 is 2.14 bits per heavy atom. The lowest BCUT2D eigenvalue weighted by atomic mass is 10.2. The molecule has 0 unspecified atom stereocenters. The molecule has 3 nitrogen and oxygen atoms in total. The predicted molar refractivity (Wildman–Crippen MR) is 88.7 cm³/mol. The molecule has 1 aliphatic rings. The van der Waals surface area contributed by atoms with E-state index in [0.29, 0.717) is 0 Å². The van der Waals surface area contributed by atoms with Crippen molar-refractivity contribution in [1.29, 1.82) is 0 Å². The van der Waals surface area contributed by atoms with Crippen LogP contribution in [0.4, 0.5) is 0 Å². The molecule has 112 valence electrons. The summed E-state index contributed by atoms with van der Waals surface area (Å²) >= 11 is 1.81. The molecule has 1 saturated carbocycles. The van der Waals surface area contributed by atoms with Gasteiger partial charge in [-0.15, -0.1) is 11.3 Å². The summed E-state index contributed by atoms with van der Waals surface area (Å²) in [6.07, 6.45) is 6.79. The zero-order chi connectivity index (χ0) is 14.8. The van der Waals surface area contributed by atoms with E-state index >= 15 is 0 Å². The van der Waals surface area contributed by atoms with Crippen LogP contribution in [0.15, 0.2) is 12.3 Å². The summed E-state index contributed by atoms with van der Waals surface area (Å²) in [7, 11) is 0. The number of aryl methyl sites for hydroxylation is 3. The maximum atomic E-state index is 4.88. The van der Waals surface area contributed by atoms with Crippen LogP contribution in [0.5, 0.6) is 0 Å². The largest absolute Gasteiger partial charge is 0.309 e. The molecule has 1 N–H and O–H groups in total. The minimum absolute atomic E-state index is 0.740. The zero-order valence-corrected chi connectivity index (χ0v) is 13.9. The molecular weight excluding hydrogens is 278 g/mol. The molecule has 0 saturated heterocycles. The third kappa shape index (κ3) is 3.50. The molecule has 0 radical (unpaired) electrons. The molecule has 2 heterocycles. The van der Waals surface area contributed by atoms with Crippen molar-refractivity contribution in [3.05, 3.63) is 34.0 Å². The molecule has 0 aliphatic heterocycles. The normalized spacial score (nSPS) is 14.6. The molecule has 1 aliphatic carbocycles. The van der Waals surface area contributed by atoms with Crippen LogP contribution in [0.1, 0.15) is 47.9 Å². The molecule has 0 spiro atoms. The van der Waals surface area contributed by atoms with Crippen molar-refractivity contribution in [3.8, 4) is 10.7 Å². The molecule has 0 bridgehead atoms. The van der Waals surface area contributed by atoms with Crippen molar-refractivity contribution < 1.29 is 0 Å². The Labute approximate surface area is 130 Å². The number of hydrogen-bond donors (Lipinski definition) is 1. The number of thiazole rings is 1. The lowest BCUT2D eigenvalue weighted by Gasteiger charge is -2.02. The van der Waals surface area contributed by atoms with Gasteiger partial charge in [0.15, 0.2) is 0 Å². The van der Waals surface area contributed by atoms with E-state index in [2.05, 4.69) is 37.1 Å². The molecule has 2 aromatic heterocycles. The molecule has 1 fully saturated rings. The zero-order valence-electron chi connectivity index (χ0n) is 13.1. The van der Waals surface area contributed by atoms with Crippen LogP contribution in [-0.4, -0.2) is 16.0 Å². The van der Waals surface area contributed by atoms with E-state index in [1.165, 1.54) is 34.5 Å². The number of nitrogens with one attached hydrogen (secondary N) is 1. The topological polar surface area (TPSA) is 37.8 Å². The number of pyridine rings is 1. The van der Waals surface area contributed by atoms with Crippen LogP contribution < -0.4 is 5.32 Å². The van der Waals surface area contributed by atoms with E-state index in [1.54, 1.807) is 11.3 Å². The van der Waals surface area contributed by atoms with Gasteiger partial charge in [0.1, 0.15) is 10.7 Å². The van der Waals surface area contributed by atoms with E-state index in [0.717, 1.165) is 36.1 Å². The highest BCUT2D eigenvalue weighted by Crippen LogP contribution is 2.30. The average molecular weight is 301 g/mol. The summed E-state index contributed by atoms with van der Waals surface area (Å²) in [4.78, 5) is 10.9. The van der Waals surface area contributed by atoms with Crippen molar-refractivity contribution in [1.82, 2.24) is 15.3 Å². The third-order valence-electron chi connectivity index (χ3n) is 3.81. The van der Waals surface area contributed by atoms with Gasteiger partial charge in [0.25, 0.3) is 0 Å². The van der Waals surface area contributed by atoms with Gasteiger partial charge in [-0.05, 0) is 44.2 Å². The summed E-state index contributed by atoms with van der Waals surface area (Å²) in [6, 6.07) is 2.93. The fourth-order valence-corrected chi connectivity index (χ4v) is 3.64. The Hall–Kier alpha value is -1.26. The van der Waals surface area contributed by atoms with Crippen LogP contribution in [0.25, 0.3) is 10.7 Å². The maximum absolute atomic E-state index is 4.88. The van der Waals surface area contributed by atoms with Crippen LogP contribution >= 0.6 is 11.3 Å². The SMILES string of the molecule is CCCc1nc(-c2ncc(C)cc2C)sc1CNC1CC1. The standard InChI is InChI=1S/C17H23N3S/c1-4-5-14-15(10-18-13-6-7-13)21-17(20-14)16-12(3)8-11(2)9-19-16/h8-9,13,18H,4-7,10H2,1-3H3. The molecule has 21 heavy (non-hydrogen) atoms. The minimum Gasteiger partial charge on any atom is -0.309 e. The lowest BCUT2D eigenvalue weighted by molar-refractivity contribution is 0.686. The Bertz CT molecular complexity index is 629. The van der Waals surface area contributed by atoms with Gasteiger partial charge < -0.3 is 5.32 Å². The summed E-state index contributed by atoms with van der Waals surface area (Å²) in [6.45, 7) is 7.38. The highest BCUT2D eigenvalue weighted by atomic mass is 32.1. The molecule has 0 atom stereocenters. The van der Waals surface area contributed by atoms with Gasteiger partial charge in [0.2, 0.25) is 0 Å². The number of aromatic nitrogens is 2. The molecule has 0 amide bonds. The first-order valence-electron chi connectivity index (χ1n) is 7.83. The Kier molecular flexibility index (Phi) is 4.36. The van der Waals surface area contributed by atoms with Gasteiger partial charge in [-0.2, -0.15) is 0 Å². The minimum atomic E-state index is 0.740. The Balaban J connectivity index is 1.88. The number of nitrogens with zero attached hydrogens (tertiary/aromatic N) is 2. The van der Waals surface area contributed by atoms with E-state index in [1.807, 2.05) is 6.20 Å². The second kappa shape index (κ2) is 6.24. The second-order valence-electron chi connectivity index (χ2n) is 5.97. The average Bonchev–Trinajstić information content (AvgIpc) is 3.19. The smallest absolute Gasteiger partial charge is 0.142 e. The van der Waals surface area contributed by atoms with Crippen LogP contribution in [0.3, 0.4) is 0 Å². The molecule has 4 heteroatoms. The first kappa shape index (κ1) is 14.7. The number of rotatable bonds is 6. The van der Waals surface area contributed by atoms with Crippen molar-refractivity contribution in [2.75, 3.05) is 0 Å². The Morgan fingerprint density at radius 3 is 2.81 bits per heavy atom.